The van der Waals surface area contributed by atoms with Gasteiger partial charge in [-0.3, -0.25) is 4.79 Å². The number of rotatable bonds is 11. The number of aliphatic hydroxyl groups excluding tert-OH is 1. The zero-order valence-corrected chi connectivity index (χ0v) is 27.5. The summed E-state index contributed by atoms with van der Waals surface area (Å²) in [5.74, 6) is 0.320. The molecule has 5 rings (SSSR count). The fourth-order valence-corrected chi connectivity index (χ4v) is 5.55. The van der Waals surface area contributed by atoms with Gasteiger partial charge in [0.25, 0.3) is 0 Å². The average molecular weight is 650 g/mol. The Morgan fingerprint density at radius 2 is 1.91 bits per heavy atom. The van der Waals surface area contributed by atoms with E-state index in [9.17, 15) is 14.7 Å². The van der Waals surface area contributed by atoms with E-state index in [0.29, 0.717) is 71.5 Å². The van der Waals surface area contributed by atoms with Gasteiger partial charge in [-0.15, -0.1) is 0 Å². The summed E-state index contributed by atoms with van der Waals surface area (Å²) in [6.07, 6.45) is 1.99. The third-order valence-electron chi connectivity index (χ3n) is 7.34. The van der Waals surface area contributed by atoms with Crippen LogP contribution < -0.4 is 15.4 Å². The summed E-state index contributed by atoms with van der Waals surface area (Å²) in [4.78, 5) is 35.9. The molecular formula is C33H40ClN7O5. The molecule has 1 aromatic carbocycles. The van der Waals surface area contributed by atoms with Crippen LogP contribution in [0.15, 0.2) is 48.7 Å². The number of hydrogen-bond donors (Lipinski definition) is 3. The second-order valence-electron chi connectivity index (χ2n) is 12.4. The van der Waals surface area contributed by atoms with Crippen molar-refractivity contribution in [2.24, 2.45) is 0 Å². The summed E-state index contributed by atoms with van der Waals surface area (Å²) < 4.78 is 13.1. The van der Waals surface area contributed by atoms with E-state index in [4.69, 9.17) is 31.2 Å². The van der Waals surface area contributed by atoms with Crippen LogP contribution in [0.25, 0.3) is 28.2 Å². The molecule has 1 aliphatic heterocycles. The Balaban J connectivity index is 1.39. The lowest BCUT2D eigenvalue weighted by molar-refractivity contribution is -0.119. The molecule has 0 radical (unpaired) electrons. The lowest BCUT2D eigenvalue weighted by Crippen LogP contribution is -2.43. The van der Waals surface area contributed by atoms with Gasteiger partial charge in [-0.1, -0.05) is 29.8 Å². The molecule has 4 aromatic rings. The van der Waals surface area contributed by atoms with Crippen LogP contribution in [0.5, 0.6) is 5.88 Å². The lowest BCUT2D eigenvalue weighted by atomic mass is 10.0. The number of amides is 2. The highest BCUT2D eigenvalue weighted by Gasteiger charge is 2.29. The summed E-state index contributed by atoms with van der Waals surface area (Å²) in [6.45, 7) is 8.62. The van der Waals surface area contributed by atoms with E-state index >= 15 is 0 Å². The molecule has 1 aliphatic rings. The van der Waals surface area contributed by atoms with Crippen molar-refractivity contribution in [1.82, 2.24) is 35.1 Å². The molecule has 0 bridgehead atoms. The van der Waals surface area contributed by atoms with E-state index in [-0.39, 0.29) is 18.5 Å². The van der Waals surface area contributed by atoms with Gasteiger partial charge >= 0.3 is 6.09 Å². The van der Waals surface area contributed by atoms with Gasteiger partial charge < -0.3 is 30.1 Å². The number of halogens is 1. The molecular weight excluding hydrogens is 610 g/mol. The molecule has 0 aliphatic carbocycles. The second-order valence-corrected chi connectivity index (χ2v) is 12.8. The molecule has 2 atom stereocenters. The van der Waals surface area contributed by atoms with Crippen LogP contribution in [0.4, 0.5) is 4.79 Å². The number of ether oxygens (including phenoxy) is 2. The number of pyridine rings is 1. The predicted octanol–water partition coefficient (Wildman–Crippen LogP) is 4.61. The topological polar surface area (TPSA) is 143 Å². The van der Waals surface area contributed by atoms with Crippen LogP contribution in [-0.4, -0.2) is 79.5 Å². The highest BCUT2D eigenvalue weighted by molar-refractivity contribution is 6.36. The molecule has 2 amide bonds. The van der Waals surface area contributed by atoms with Crippen LogP contribution in [0.1, 0.15) is 51.8 Å². The van der Waals surface area contributed by atoms with Gasteiger partial charge in [0.2, 0.25) is 11.8 Å². The number of aliphatic hydroxyl groups is 1. The zero-order chi connectivity index (χ0) is 33.0. The van der Waals surface area contributed by atoms with Gasteiger partial charge in [-0.05, 0) is 58.4 Å². The van der Waals surface area contributed by atoms with E-state index < -0.39 is 17.8 Å². The number of aromatic nitrogens is 4. The van der Waals surface area contributed by atoms with Gasteiger partial charge in [0.15, 0.2) is 5.65 Å². The molecule has 0 spiro atoms. The number of hydrogen-bond acceptors (Lipinski definition) is 9. The van der Waals surface area contributed by atoms with Crippen molar-refractivity contribution in [1.29, 1.82) is 0 Å². The third-order valence-corrected chi connectivity index (χ3v) is 7.74. The monoisotopic (exact) mass is 649 g/mol. The lowest BCUT2D eigenvalue weighted by Gasteiger charge is -2.29. The number of methoxy groups -OCH3 is 1. The Morgan fingerprint density at radius 3 is 2.59 bits per heavy atom. The molecule has 4 heterocycles. The molecule has 3 N–H and O–H groups in total. The molecule has 0 saturated carbocycles. The second kappa shape index (κ2) is 14.0. The number of benzene rings is 1. The SMILES string of the molecule is COc1nc(-c2cccc(-c3ccc4nc(CNCC(C)O)cn4n3)c2Cl)ccc1CN(C[C@@H]1CCC(=O)N1)C(=O)OC(C)(C)C. The number of nitrogens with zero attached hydrogens (tertiary/aromatic N) is 5. The van der Waals surface area contributed by atoms with E-state index in [2.05, 4.69) is 15.6 Å². The van der Waals surface area contributed by atoms with E-state index in [1.807, 2.05) is 69.4 Å². The summed E-state index contributed by atoms with van der Waals surface area (Å²) >= 11 is 6.98. The smallest absolute Gasteiger partial charge is 0.410 e. The van der Waals surface area contributed by atoms with Gasteiger partial charge in [-0.2, -0.15) is 5.10 Å². The standard InChI is InChI=1S/C33H40ClN7O5/c1-20(42)15-35-16-23-19-41-28(36-23)13-12-27(39-41)25-8-6-7-24(30(25)34)26-11-9-21(31(38-26)45-5)17-40(32(44)46-33(2,3)4)18-22-10-14-29(43)37-22/h6-9,11-13,19-20,22,35,42H,10,14-18H2,1-5H3,(H,37,43)/t20?,22-/m0/s1. The molecule has 1 saturated heterocycles. The molecule has 3 aromatic heterocycles. The minimum absolute atomic E-state index is 0.0250. The number of fused-ring (bicyclic) bond motifs is 1. The maximum absolute atomic E-state index is 13.2. The maximum atomic E-state index is 13.2. The first-order chi connectivity index (χ1) is 21.9. The minimum Gasteiger partial charge on any atom is -0.481 e. The number of carbonyl (C=O) groups excluding carboxylic acids is 2. The van der Waals surface area contributed by atoms with E-state index in [1.54, 1.807) is 16.3 Å². The van der Waals surface area contributed by atoms with Crippen molar-refractivity contribution < 1.29 is 24.2 Å². The van der Waals surface area contributed by atoms with Crippen molar-refractivity contribution in [2.45, 2.75) is 71.4 Å². The summed E-state index contributed by atoms with van der Waals surface area (Å²) in [5.41, 5.74) is 4.17. The highest BCUT2D eigenvalue weighted by atomic mass is 35.5. The van der Waals surface area contributed by atoms with Crippen molar-refractivity contribution in [2.75, 3.05) is 20.2 Å². The molecule has 244 valence electrons. The number of imidazole rings is 1. The molecule has 1 fully saturated rings. The van der Waals surface area contributed by atoms with Crippen molar-refractivity contribution in [3.63, 3.8) is 0 Å². The van der Waals surface area contributed by atoms with Gasteiger partial charge in [0.05, 0.1) is 48.1 Å². The van der Waals surface area contributed by atoms with Gasteiger partial charge in [0, 0.05) is 48.8 Å². The molecule has 1 unspecified atom stereocenters. The first kappa shape index (κ1) is 33.1. The maximum Gasteiger partial charge on any atom is 0.410 e. The fraction of sp³-hybridized carbons (Fsp3) is 0.424. The third kappa shape index (κ3) is 8.11. The van der Waals surface area contributed by atoms with Crippen molar-refractivity contribution in [3.8, 4) is 28.4 Å². The Kier molecular flexibility index (Phi) is 10.1. The van der Waals surface area contributed by atoms with Gasteiger partial charge in [0.1, 0.15) is 5.60 Å². The van der Waals surface area contributed by atoms with Crippen molar-refractivity contribution >= 4 is 29.2 Å². The Morgan fingerprint density at radius 1 is 1.17 bits per heavy atom. The predicted molar refractivity (Wildman–Crippen MR) is 174 cm³/mol. The van der Waals surface area contributed by atoms with Crippen molar-refractivity contribution in [3.05, 3.63) is 64.9 Å². The largest absolute Gasteiger partial charge is 0.481 e. The van der Waals surface area contributed by atoms with Crippen LogP contribution in [0, 0.1) is 0 Å². The average Bonchev–Trinajstić information content (AvgIpc) is 3.60. The summed E-state index contributed by atoms with van der Waals surface area (Å²) in [5, 5.41) is 20.8. The molecule has 13 heteroatoms. The summed E-state index contributed by atoms with van der Waals surface area (Å²) in [6, 6.07) is 13.0. The zero-order valence-electron chi connectivity index (χ0n) is 26.7. The normalized spacial score (nSPS) is 15.5. The van der Waals surface area contributed by atoms with Crippen LogP contribution in [0.3, 0.4) is 0 Å². The first-order valence-electron chi connectivity index (χ1n) is 15.2. The number of carbonyl (C=O) groups is 2. The summed E-state index contributed by atoms with van der Waals surface area (Å²) in [7, 11) is 1.53. The van der Waals surface area contributed by atoms with E-state index in [0.717, 1.165) is 11.3 Å². The Bertz CT molecular complexity index is 1720. The van der Waals surface area contributed by atoms with Crippen LogP contribution >= 0.6 is 11.6 Å². The van der Waals surface area contributed by atoms with Crippen LogP contribution in [0.2, 0.25) is 5.02 Å². The minimum atomic E-state index is -0.682. The fourth-order valence-electron chi connectivity index (χ4n) is 5.23. The highest BCUT2D eigenvalue weighted by Crippen LogP contribution is 2.36. The van der Waals surface area contributed by atoms with Gasteiger partial charge in [-0.25, -0.2) is 19.3 Å². The Labute approximate surface area is 273 Å². The molecule has 46 heavy (non-hydrogen) atoms. The van der Waals surface area contributed by atoms with Crippen LogP contribution in [-0.2, 0) is 22.6 Å². The van der Waals surface area contributed by atoms with E-state index in [1.165, 1.54) is 7.11 Å². The quantitative estimate of drug-likeness (QED) is 0.212. The number of nitrogens with one attached hydrogen (secondary N) is 2. The molecule has 12 nitrogen and oxygen atoms in total. The Hall–Kier alpha value is -4.26. The first-order valence-corrected chi connectivity index (χ1v) is 15.6.